The van der Waals surface area contributed by atoms with Gasteiger partial charge in [-0.3, -0.25) is 4.79 Å². The lowest BCUT2D eigenvalue weighted by molar-refractivity contribution is -0.125. The highest BCUT2D eigenvalue weighted by atomic mass is 19.1. The molecule has 4 heteroatoms. The molecule has 88 valence electrons. The van der Waals surface area contributed by atoms with Crippen LogP contribution in [0.4, 0.5) is 4.39 Å². The first-order valence-corrected chi connectivity index (χ1v) is 5.14. The molecular weight excluding hydrogens is 209 g/mol. The van der Waals surface area contributed by atoms with Crippen molar-refractivity contribution in [2.45, 2.75) is 19.4 Å². The van der Waals surface area contributed by atoms with E-state index < -0.39 is 0 Å². The Morgan fingerprint density at radius 2 is 2.06 bits per heavy atom. The first kappa shape index (κ1) is 12.6. The maximum atomic E-state index is 12.6. The van der Waals surface area contributed by atoms with Gasteiger partial charge in [-0.2, -0.15) is 0 Å². The second kappa shape index (κ2) is 6.23. The van der Waals surface area contributed by atoms with Crippen LogP contribution in [0.25, 0.3) is 0 Å². The van der Waals surface area contributed by atoms with Gasteiger partial charge in [0.25, 0.3) is 0 Å². The minimum absolute atomic E-state index is 0.00751. The topological polar surface area (TPSA) is 38.3 Å². The monoisotopic (exact) mass is 225 g/mol. The molecule has 1 N–H and O–H groups in total. The van der Waals surface area contributed by atoms with Crippen LogP contribution in [-0.2, 0) is 16.0 Å². The third-order valence-electron chi connectivity index (χ3n) is 2.14. The molecule has 0 saturated carbocycles. The van der Waals surface area contributed by atoms with E-state index in [1.54, 1.807) is 12.1 Å². The standard InChI is InChI=1S/C12H16FNO2/c1-9(14-12(15)8-16-2)7-10-3-5-11(13)6-4-10/h3-6,9H,7-8H2,1-2H3,(H,14,15). The lowest BCUT2D eigenvalue weighted by atomic mass is 10.1. The Hall–Kier alpha value is -1.42. The normalized spacial score (nSPS) is 12.2. The molecule has 0 bridgehead atoms. The van der Waals surface area contributed by atoms with Crippen molar-refractivity contribution in [2.75, 3.05) is 13.7 Å². The third kappa shape index (κ3) is 4.40. The van der Waals surface area contributed by atoms with E-state index in [-0.39, 0.29) is 24.4 Å². The molecule has 1 rings (SSSR count). The van der Waals surface area contributed by atoms with Crippen molar-refractivity contribution in [2.24, 2.45) is 0 Å². The molecule has 0 spiro atoms. The minimum Gasteiger partial charge on any atom is -0.375 e. The van der Waals surface area contributed by atoms with Crippen LogP contribution < -0.4 is 5.32 Å². The first-order chi connectivity index (χ1) is 7.61. The fourth-order valence-electron chi connectivity index (χ4n) is 1.47. The van der Waals surface area contributed by atoms with Gasteiger partial charge >= 0.3 is 0 Å². The summed E-state index contributed by atoms with van der Waals surface area (Å²) in [6.45, 7) is 1.96. The number of carbonyl (C=O) groups is 1. The summed E-state index contributed by atoms with van der Waals surface area (Å²) in [7, 11) is 1.48. The number of ether oxygens (including phenoxy) is 1. The number of carbonyl (C=O) groups excluding carboxylic acids is 1. The van der Waals surface area contributed by atoms with Crippen molar-refractivity contribution in [3.05, 3.63) is 35.6 Å². The van der Waals surface area contributed by atoms with Gasteiger partial charge in [-0.25, -0.2) is 4.39 Å². The van der Waals surface area contributed by atoms with Gasteiger partial charge in [-0.15, -0.1) is 0 Å². The molecule has 1 amide bonds. The van der Waals surface area contributed by atoms with Crippen molar-refractivity contribution in [1.82, 2.24) is 5.32 Å². The predicted octanol–water partition coefficient (Wildman–Crippen LogP) is 1.52. The third-order valence-corrected chi connectivity index (χ3v) is 2.14. The fraction of sp³-hybridized carbons (Fsp3) is 0.417. The largest absolute Gasteiger partial charge is 0.375 e. The van der Waals surface area contributed by atoms with Gasteiger partial charge in [0, 0.05) is 13.2 Å². The second-order valence-electron chi connectivity index (χ2n) is 3.73. The average Bonchev–Trinajstić information content (AvgIpc) is 2.21. The zero-order chi connectivity index (χ0) is 12.0. The number of benzene rings is 1. The van der Waals surface area contributed by atoms with Crippen LogP contribution in [0.2, 0.25) is 0 Å². The molecule has 0 aliphatic carbocycles. The fourth-order valence-corrected chi connectivity index (χ4v) is 1.47. The molecule has 0 aromatic heterocycles. The quantitative estimate of drug-likeness (QED) is 0.825. The number of halogens is 1. The van der Waals surface area contributed by atoms with E-state index in [0.29, 0.717) is 6.42 Å². The minimum atomic E-state index is -0.250. The van der Waals surface area contributed by atoms with Gasteiger partial charge < -0.3 is 10.1 Å². The molecule has 0 aliphatic heterocycles. The Balaban J connectivity index is 2.42. The van der Waals surface area contributed by atoms with E-state index in [9.17, 15) is 9.18 Å². The summed E-state index contributed by atoms with van der Waals surface area (Å²) in [6, 6.07) is 6.27. The van der Waals surface area contributed by atoms with Crippen LogP contribution in [-0.4, -0.2) is 25.7 Å². The van der Waals surface area contributed by atoms with Crippen molar-refractivity contribution < 1.29 is 13.9 Å². The van der Waals surface area contributed by atoms with E-state index in [2.05, 4.69) is 5.32 Å². The number of methoxy groups -OCH3 is 1. The second-order valence-corrected chi connectivity index (χ2v) is 3.73. The van der Waals surface area contributed by atoms with E-state index in [1.165, 1.54) is 19.2 Å². The number of hydrogen-bond acceptors (Lipinski definition) is 2. The molecule has 1 unspecified atom stereocenters. The predicted molar refractivity (Wildman–Crippen MR) is 59.6 cm³/mol. The van der Waals surface area contributed by atoms with Crippen LogP contribution in [0.3, 0.4) is 0 Å². The van der Waals surface area contributed by atoms with Crippen molar-refractivity contribution in [1.29, 1.82) is 0 Å². The molecular formula is C12H16FNO2. The van der Waals surface area contributed by atoms with Gasteiger partial charge in [0.1, 0.15) is 12.4 Å². The molecule has 0 heterocycles. The van der Waals surface area contributed by atoms with Gasteiger partial charge in [0.15, 0.2) is 0 Å². The Morgan fingerprint density at radius 3 is 2.62 bits per heavy atom. The zero-order valence-corrected chi connectivity index (χ0v) is 9.50. The summed E-state index contributed by atoms with van der Waals surface area (Å²) in [5.41, 5.74) is 0.992. The van der Waals surface area contributed by atoms with Crippen LogP contribution in [0.5, 0.6) is 0 Å². The lowest BCUT2D eigenvalue weighted by Crippen LogP contribution is -2.36. The van der Waals surface area contributed by atoms with Gasteiger partial charge in [0.2, 0.25) is 5.91 Å². The highest BCUT2D eigenvalue weighted by Gasteiger charge is 2.07. The number of rotatable bonds is 5. The number of amides is 1. The molecule has 0 saturated heterocycles. The summed E-state index contributed by atoms with van der Waals surface area (Å²) < 4.78 is 17.4. The van der Waals surface area contributed by atoms with E-state index in [4.69, 9.17) is 4.74 Å². The highest BCUT2D eigenvalue weighted by molar-refractivity contribution is 5.77. The van der Waals surface area contributed by atoms with Crippen LogP contribution in [0.1, 0.15) is 12.5 Å². The average molecular weight is 225 g/mol. The van der Waals surface area contributed by atoms with Crippen molar-refractivity contribution in [3.63, 3.8) is 0 Å². The highest BCUT2D eigenvalue weighted by Crippen LogP contribution is 2.05. The van der Waals surface area contributed by atoms with E-state index in [1.807, 2.05) is 6.92 Å². The van der Waals surface area contributed by atoms with Crippen molar-refractivity contribution in [3.8, 4) is 0 Å². The summed E-state index contributed by atoms with van der Waals surface area (Å²) in [5.74, 6) is -0.392. The maximum absolute atomic E-state index is 12.6. The van der Waals surface area contributed by atoms with E-state index >= 15 is 0 Å². The molecule has 3 nitrogen and oxygen atoms in total. The summed E-state index contributed by atoms with van der Waals surface area (Å²) in [4.78, 5) is 11.2. The Labute approximate surface area is 94.6 Å². The summed E-state index contributed by atoms with van der Waals surface area (Å²) in [5, 5.41) is 2.79. The Bertz CT molecular complexity index is 337. The van der Waals surface area contributed by atoms with Crippen LogP contribution >= 0.6 is 0 Å². The molecule has 1 atom stereocenters. The Kier molecular flexibility index (Phi) is 4.92. The molecule has 0 aliphatic rings. The molecule has 1 aromatic rings. The molecule has 16 heavy (non-hydrogen) atoms. The zero-order valence-electron chi connectivity index (χ0n) is 9.50. The maximum Gasteiger partial charge on any atom is 0.246 e. The van der Waals surface area contributed by atoms with Gasteiger partial charge in [-0.1, -0.05) is 12.1 Å². The summed E-state index contributed by atoms with van der Waals surface area (Å²) >= 11 is 0. The van der Waals surface area contributed by atoms with Crippen molar-refractivity contribution >= 4 is 5.91 Å². The van der Waals surface area contributed by atoms with Gasteiger partial charge in [0.05, 0.1) is 0 Å². The molecule has 0 radical (unpaired) electrons. The van der Waals surface area contributed by atoms with E-state index in [0.717, 1.165) is 5.56 Å². The SMILES string of the molecule is COCC(=O)NC(C)Cc1ccc(F)cc1. The van der Waals surface area contributed by atoms with Crippen LogP contribution in [0, 0.1) is 5.82 Å². The summed E-state index contributed by atoms with van der Waals surface area (Å²) in [6.07, 6.45) is 0.676. The molecule has 0 fully saturated rings. The number of nitrogens with one attached hydrogen (secondary N) is 1. The smallest absolute Gasteiger partial charge is 0.246 e. The lowest BCUT2D eigenvalue weighted by Gasteiger charge is -2.13. The van der Waals surface area contributed by atoms with Gasteiger partial charge in [-0.05, 0) is 31.0 Å². The first-order valence-electron chi connectivity index (χ1n) is 5.14. The number of hydrogen-bond donors (Lipinski definition) is 1. The van der Waals surface area contributed by atoms with Crippen LogP contribution in [0.15, 0.2) is 24.3 Å². The Morgan fingerprint density at radius 1 is 1.44 bits per heavy atom. The molecule has 1 aromatic carbocycles.